The number of aromatic nitrogens is 1. The molecule has 1 aromatic carbocycles. The topological polar surface area (TPSA) is 71.1 Å². The highest BCUT2D eigenvalue weighted by atomic mass is 35.5. The number of hydrogen-bond donors (Lipinski definition) is 2. The average Bonchev–Trinajstić information content (AvgIpc) is 2.49. The number of carbonyl (C=O) groups excluding carboxylic acids is 2. The molecule has 0 bridgehead atoms. The van der Waals surface area contributed by atoms with Crippen LogP contribution in [0.4, 0.5) is 5.69 Å². The Bertz CT molecular complexity index is 663. The van der Waals surface area contributed by atoms with Crippen LogP contribution in [0, 0.1) is 0 Å². The highest BCUT2D eigenvalue weighted by Gasteiger charge is 2.13. The second-order valence-electron chi connectivity index (χ2n) is 4.12. The fourth-order valence-corrected chi connectivity index (χ4v) is 1.82. The van der Waals surface area contributed by atoms with E-state index in [1.165, 1.54) is 12.1 Å². The molecule has 5 nitrogen and oxygen atoms in total. The first-order valence-corrected chi connectivity index (χ1v) is 6.75. The second kappa shape index (κ2) is 7.06. The molecule has 7 heteroatoms. The minimum Gasteiger partial charge on any atom is -0.344 e. The molecule has 1 heterocycles. The number of benzene rings is 1. The van der Waals surface area contributed by atoms with Gasteiger partial charge in [0, 0.05) is 24.6 Å². The summed E-state index contributed by atoms with van der Waals surface area (Å²) in [5.41, 5.74) is 1.24. The zero-order valence-corrected chi connectivity index (χ0v) is 12.3. The molecular weight excluding hydrogens is 313 g/mol. The molecule has 0 fully saturated rings. The van der Waals surface area contributed by atoms with Gasteiger partial charge in [0.05, 0.1) is 10.0 Å². The smallest absolute Gasteiger partial charge is 0.313 e. The van der Waals surface area contributed by atoms with Gasteiger partial charge in [0.15, 0.2) is 0 Å². The third-order valence-corrected chi connectivity index (χ3v) is 3.33. The monoisotopic (exact) mass is 323 g/mol. The maximum atomic E-state index is 11.7. The van der Waals surface area contributed by atoms with Gasteiger partial charge in [-0.15, -0.1) is 0 Å². The van der Waals surface area contributed by atoms with E-state index in [1.54, 1.807) is 30.6 Å². The molecule has 2 amide bonds. The van der Waals surface area contributed by atoms with Gasteiger partial charge in [0.25, 0.3) is 0 Å². The van der Waals surface area contributed by atoms with Gasteiger partial charge in [-0.05, 0) is 35.9 Å². The summed E-state index contributed by atoms with van der Waals surface area (Å²) < 4.78 is 0. The number of hydrogen-bond acceptors (Lipinski definition) is 3. The first-order valence-electron chi connectivity index (χ1n) is 5.99. The van der Waals surface area contributed by atoms with E-state index < -0.39 is 11.8 Å². The molecule has 108 valence electrons. The predicted octanol–water partition coefficient (Wildman–Crippen LogP) is 2.64. The van der Waals surface area contributed by atoms with Crippen LogP contribution in [0.25, 0.3) is 0 Å². The van der Waals surface area contributed by atoms with Crippen LogP contribution >= 0.6 is 23.2 Å². The minimum atomic E-state index is -0.776. The molecular formula is C14H11Cl2N3O2. The molecule has 21 heavy (non-hydrogen) atoms. The van der Waals surface area contributed by atoms with Crippen LogP contribution in [0.2, 0.25) is 10.0 Å². The highest BCUT2D eigenvalue weighted by molar-refractivity contribution is 6.42. The van der Waals surface area contributed by atoms with E-state index in [2.05, 4.69) is 15.6 Å². The van der Waals surface area contributed by atoms with Crippen LogP contribution < -0.4 is 10.6 Å². The second-order valence-corrected chi connectivity index (χ2v) is 4.94. The molecule has 0 saturated carbocycles. The van der Waals surface area contributed by atoms with Gasteiger partial charge in [0.2, 0.25) is 0 Å². The van der Waals surface area contributed by atoms with Crippen molar-refractivity contribution in [2.75, 3.05) is 5.32 Å². The molecule has 0 unspecified atom stereocenters. The molecule has 0 aliphatic rings. The van der Waals surface area contributed by atoms with Crippen molar-refractivity contribution in [2.45, 2.75) is 6.54 Å². The number of halogens is 2. The zero-order chi connectivity index (χ0) is 15.2. The number of nitrogens with zero attached hydrogens (tertiary/aromatic N) is 1. The van der Waals surface area contributed by atoms with Crippen LogP contribution in [0.15, 0.2) is 42.7 Å². The maximum Gasteiger partial charge on any atom is 0.313 e. The van der Waals surface area contributed by atoms with Gasteiger partial charge in [-0.2, -0.15) is 0 Å². The summed E-state index contributed by atoms with van der Waals surface area (Å²) in [5.74, 6) is -1.51. The largest absolute Gasteiger partial charge is 0.344 e. The maximum absolute atomic E-state index is 11.7. The SMILES string of the molecule is O=C(NCc1ccncc1)C(=O)Nc1ccc(Cl)c(Cl)c1. The average molecular weight is 324 g/mol. The van der Waals surface area contributed by atoms with Crippen molar-refractivity contribution in [1.82, 2.24) is 10.3 Å². The Morgan fingerprint density at radius 3 is 2.38 bits per heavy atom. The quantitative estimate of drug-likeness (QED) is 0.853. The van der Waals surface area contributed by atoms with E-state index in [1.807, 2.05) is 0 Å². The summed E-state index contributed by atoms with van der Waals surface area (Å²) in [4.78, 5) is 27.3. The molecule has 0 aliphatic heterocycles. The van der Waals surface area contributed by atoms with Crippen LogP contribution in [0.1, 0.15) is 5.56 Å². The number of rotatable bonds is 3. The lowest BCUT2D eigenvalue weighted by Crippen LogP contribution is -2.34. The minimum absolute atomic E-state index is 0.246. The Labute approximate surface area is 131 Å². The summed E-state index contributed by atoms with van der Waals surface area (Å²) >= 11 is 11.6. The van der Waals surface area contributed by atoms with Crippen molar-refractivity contribution < 1.29 is 9.59 Å². The van der Waals surface area contributed by atoms with E-state index in [0.29, 0.717) is 15.7 Å². The number of nitrogens with one attached hydrogen (secondary N) is 2. The number of pyridine rings is 1. The van der Waals surface area contributed by atoms with Gasteiger partial charge in [-0.3, -0.25) is 14.6 Å². The lowest BCUT2D eigenvalue weighted by molar-refractivity contribution is -0.136. The van der Waals surface area contributed by atoms with E-state index in [4.69, 9.17) is 23.2 Å². The van der Waals surface area contributed by atoms with Crippen molar-refractivity contribution in [1.29, 1.82) is 0 Å². The molecule has 0 radical (unpaired) electrons. The Hall–Kier alpha value is -2.11. The van der Waals surface area contributed by atoms with Crippen molar-refractivity contribution in [3.05, 3.63) is 58.3 Å². The van der Waals surface area contributed by atoms with Crippen molar-refractivity contribution in [3.8, 4) is 0 Å². The Morgan fingerprint density at radius 2 is 1.71 bits per heavy atom. The molecule has 2 N–H and O–H groups in total. The summed E-state index contributed by atoms with van der Waals surface area (Å²) in [6, 6.07) is 8.06. The van der Waals surface area contributed by atoms with E-state index in [0.717, 1.165) is 5.56 Å². The fourth-order valence-electron chi connectivity index (χ4n) is 1.53. The van der Waals surface area contributed by atoms with Gasteiger partial charge < -0.3 is 10.6 Å². The molecule has 2 rings (SSSR count). The summed E-state index contributed by atoms with van der Waals surface area (Å²) in [6.45, 7) is 0.246. The number of carbonyl (C=O) groups is 2. The lowest BCUT2D eigenvalue weighted by atomic mass is 10.2. The van der Waals surface area contributed by atoms with Crippen LogP contribution in [0.3, 0.4) is 0 Å². The lowest BCUT2D eigenvalue weighted by Gasteiger charge is -2.07. The van der Waals surface area contributed by atoms with Crippen LogP contribution in [0.5, 0.6) is 0 Å². The number of anilines is 1. The molecule has 0 saturated heterocycles. The molecule has 0 atom stereocenters. The van der Waals surface area contributed by atoms with E-state index in [-0.39, 0.29) is 6.54 Å². The van der Waals surface area contributed by atoms with Gasteiger partial charge in [-0.1, -0.05) is 23.2 Å². The van der Waals surface area contributed by atoms with Gasteiger partial charge >= 0.3 is 11.8 Å². The van der Waals surface area contributed by atoms with Gasteiger partial charge in [0.1, 0.15) is 0 Å². The Morgan fingerprint density at radius 1 is 1.00 bits per heavy atom. The molecule has 0 spiro atoms. The Kier molecular flexibility index (Phi) is 5.14. The predicted molar refractivity (Wildman–Crippen MR) is 81.2 cm³/mol. The molecule has 0 aliphatic carbocycles. The van der Waals surface area contributed by atoms with E-state index >= 15 is 0 Å². The first kappa shape index (κ1) is 15.3. The summed E-state index contributed by atoms with van der Waals surface area (Å²) in [6.07, 6.45) is 3.22. The fraction of sp³-hybridized carbons (Fsp3) is 0.0714. The molecule has 1 aromatic heterocycles. The highest BCUT2D eigenvalue weighted by Crippen LogP contribution is 2.24. The van der Waals surface area contributed by atoms with Gasteiger partial charge in [-0.25, -0.2) is 0 Å². The third kappa shape index (κ3) is 4.44. The normalized spacial score (nSPS) is 10.0. The summed E-state index contributed by atoms with van der Waals surface area (Å²) in [7, 11) is 0. The van der Waals surface area contributed by atoms with Crippen molar-refractivity contribution in [3.63, 3.8) is 0 Å². The van der Waals surface area contributed by atoms with Crippen molar-refractivity contribution in [2.24, 2.45) is 0 Å². The Balaban J connectivity index is 1.90. The molecule has 2 aromatic rings. The zero-order valence-electron chi connectivity index (χ0n) is 10.8. The third-order valence-electron chi connectivity index (χ3n) is 2.59. The van der Waals surface area contributed by atoms with Crippen LogP contribution in [-0.2, 0) is 16.1 Å². The van der Waals surface area contributed by atoms with E-state index in [9.17, 15) is 9.59 Å². The van der Waals surface area contributed by atoms with Crippen molar-refractivity contribution >= 4 is 40.7 Å². The first-order chi connectivity index (χ1) is 10.1. The number of amides is 2. The van der Waals surface area contributed by atoms with Crippen LogP contribution in [-0.4, -0.2) is 16.8 Å². The standard InChI is InChI=1S/C14H11Cl2N3O2/c15-11-2-1-10(7-12(11)16)19-14(21)13(20)18-8-9-3-5-17-6-4-9/h1-7H,8H2,(H,18,20)(H,19,21). The summed E-state index contributed by atoms with van der Waals surface area (Å²) in [5, 5.41) is 5.62.